The lowest BCUT2D eigenvalue weighted by Crippen LogP contribution is -2.58. The number of likely N-dealkylation sites (tertiary alicyclic amines) is 1. The lowest BCUT2D eigenvalue weighted by atomic mass is 9.85. The van der Waals surface area contributed by atoms with E-state index in [-0.39, 0.29) is 17.9 Å². The third-order valence-electron chi connectivity index (χ3n) is 6.86. The van der Waals surface area contributed by atoms with Crippen LogP contribution in [-0.2, 0) is 25.8 Å². The number of H-pyrrole nitrogens is 1. The molecule has 0 saturated carbocycles. The number of amides is 3. The number of rotatable bonds is 9. The van der Waals surface area contributed by atoms with Crippen LogP contribution in [0, 0.1) is 5.41 Å². The Morgan fingerprint density at radius 3 is 2.57 bits per heavy atom. The number of benzene rings is 1. The summed E-state index contributed by atoms with van der Waals surface area (Å²) < 4.78 is 23.4. The van der Waals surface area contributed by atoms with Gasteiger partial charge in [-0.15, -0.1) is 10.2 Å². The van der Waals surface area contributed by atoms with E-state index >= 15 is 0 Å². The first-order chi connectivity index (χ1) is 19.7. The van der Waals surface area contributed by atoms with Crippen molar-refractivity contribution in [3.63, 3.8) is 0 Å². The number of carbonyl (C=O) groups excluding carboxylic acids is 3. The fraction of sp³-hybridized carbons (Fsp3) is 0.444. The zero-order valence-corrected chi connectivity index (χ0v) is 25.2. The highest BCUT2D eigenvalue weighted by atomic mass is 35.5. The number of aromatic nitrogens is 5. The number of sulfone groups is 1. The summed E-state index contributed by atoms with van der Waals surface area (Å²) >= 11 is 5.98. The second kappa shape index (κ2) is 12.5. The minimum Gasteiger partial charge on any atom is -0.348 e. The highest BCUT2D eigenvalue weighted by molar-refractivity contribution is 7.96. The molecule has 3 amide bonds. The van der Waals surface area contributed by atoms with E-state index in [1.165, 1.54) is 11.0 Å². The smallest absolute Gasteiger partial charge is 0.270 e. The standard InChI is InChI=1S/C27H33ClN8O5S/c1-27(2,3)23(31-24(37)19-12-11-16-8-5-6-9-18(16)30-19)26(39)36-13-7-10-20(36)25(38)29-17(14-21(28)42(4,40)41)15-22-32-34-35-33-22/h5-6,8-9,11-12,14,17,20,23H,7,10,13,15H2,1-4H3,(H,29,38)(H,31,37)(H,32,33,34,35)/b21-14+/t17-,20-,23+/m1/s1. The number of aromatic amines is 1. The predicted molar refractivity (Wildman–Crippen MR) is 156 cm³/mol. The first-order valence-electron chi connectivity index (χ1n) is 13.3. The highest BCUT2D eigenvalue weighted by Crippen LogP contribution is 2.26. The van der Waals surface area contributed by atoms with Crippen molar-refractivity contribution in [1.82, 2.24) is 41.1 Å². The van der Waals surface area contributed by atoms with Gasteiger partial charge in [0.25, 0.3) is 5.91 Å². The molecule has 42 heavy (non-hydrogen) atoms. The summed E-state index contributed by atoms with van der Waals surface area (Å²) in [4.78, 5) is 46.5. The van der Waals surface area contributed by atoms with Crippen molar-refractivity contribution in [3.8, 4) is 0 Å². The summed E-state index contributed by atoms with van der Waals surface area (Å²) in [5.74, 6) is -1.19. The van der Waals surface area contributed by atoms with Crippen LogP contribution >= 0.6 is 11.6 Å². The maximum absolute atomic E-state index is 13.9. The lowest BCUT2D eigenvalue weighted by Gasteiger charge is -2.35. The molecule has 1 fully saturated rings. The quantitative estimate of drug-likeness (QED) is 0.323. The van der Waals surface area contributed by atoms with Gasteiger partial charge in [0.15, 0.2) is 15.7 Å². The van der Waals surface area contributed by atoms with Crippen LogP contribution in [0.25, 0.3) is 10.9 Å². The number of carbonyl (C=O) groups is 3. The van der Waals surface area contributed by atoms with Gasteiger partial charge in [-0.05, 0) is 36.5 Å². The number of nitrogens with zero attached hydrogens (tertiary/aromatic N) is 5. The summed E-state index contributed by atoms with van der Waals surface area (Å²) in [6.45, 7) is 5.79. The molecule has 2 aromatic heterocycles. The highest BCUT2D eigenvalue weighted by Gasteiger charge is 2.42. The van der Waals surface area contributed by atoms with E-state index in [0.29, 0.717) is 24.9 Å². The fourth-order valence-corrected chi connectivity index (χ4v) is 5.26. The third kappa shape index (κ3) is 7.48. The zero-order valence-electron chi connectivity index (χ0n) is 23.7. The third-order valence-corrected chi connectivity index (χ3v) is 8.68. The Kier molecular flexibility index (Phi) is 9.26. The first kappa shape index (κ1) is 31.0. The number of pyridine rings is 1. The summed E-state index contributed by atoms with van der Waals surface area (Å²) in [7, 11) is -3.73. The molecule has 3 atom stereocenters. The number of para-hydroxylation sites is 1. The molecule has 1 saturated heterocycles. The summed E-state index contributed by atoms with van der Waals surface area (Å²) in [5, 5.41) is 20.0. The van der Waals surface area contributed by atoms with Crippen molar-refractivity contribution < 1.29 is 22.8 Å². The van der Waals surface area contributed by atoms with Gasteiger partial charge in [0, 0.05) is 24.6 Å². The van der Waals surface area contributed by atoms with Crippen LogP contribution in [0.15, 0.2) is 46.8 Å². The predicted octanol–water partition coefficient (Wildman–Crippen LogP) is 1.74. The average Bonchev–Trinajstić information content (AvgIpc) is 3.62. The number of nitrogens with one attached hydrogen (secondary N) is 3. The first-order valence-corrected chi connectivity index (χ1v) is 15.6. The van der Waals surface area contributed by atoms with E-state index in [2.05, 4.69) is 36.2 Å². The Balaban J connectivity index is 1.53. The zero-order chi connectivity index (χ0) is 30.7. The normalized spacial score (nSPS) is 17.6. The van der Waals surface area contributed by atoms with Crippen LogP contribution < -0.4 is 10.6 Å². The summed E-state index contributed by atoms with van der Waals surface area (Å²) in [6, 6.07) is 8.09. The fourth-order valence-electron chi connectivity index (χ4n) is 4.69. The second-order valence-electron chi connectivity index (χ2n) is 11.2. The maximum atomic E-state index is 13.9. The molecule has 4 rings (SSSR count). The molecule has 0 aliphatic carbocycles. The van der Waals surface area contributed by atoms with Crippen molar-refractivity contribution >= 4 is 50.1 Å². The lowest BCUT2D eigenvalue weighted by molar-refractivity contribution is -0.142. The monoisotopic (exact) mass is 616 g/mol. The SMILES string of the molecule is CC(C)(C)[C@@H](NC(=O)c1ccc2ccccc2n1)C(=O)N1CCC[C@@H]1C(=O)N[C@H](/C=C(\Cl)S(C)(=O)=O)Cc1nn[nH]n1. The average molecular weight is 617 g/mol. The Hall–Kier alpha value is -3.91. The second-order valence-corrected chi connectivity index (χ2v) is 13.9. The molecule has 3 aromatic rings. The van der Waals surface area contributed by atoms with Crippen LogP contribution in [0.1, 0.15) is 49.9 Å². The Morgan fingerprint density at radius 1 is 1.17 bits per heavy atom. The Morgan fingerprint density at radius 2 is 1.90 bits per heavy atom. The largest absolute Gasteiger partial charge is 0.348 e. The molecular weight excluding hydrogens is 584 g/mol. The molecular formula is C27H33ClN8O5S. The van der Waals surface area contributed by atoms with Crippen molar-refractivity contribution in [3.05, 3.63) is 58.4 Å². The summed E-state index contributed by atoms with van der Waals surface area (Å²) in [6.07, 6.45) is 3.10. The van der Waals surface area contributed by atoms with Gasteiger partial charge in [0.2, 0.25) is 11.8 Å². The topological polar surface area (TPSA) is 180 Å². The molecule has 3 N–H and O–H groups in total. The molecule has 1 aromatic carbocycles. The van der Waals surface area contributed by atoms with Gasteiger partial charge in [0.1, 0.15) is 22.1 Å². The minimum absolute atomic E-state index is 0.00801. The number of hydrogen-bond donors (Lipinski definition) is 3. The molecule has 0 bridgehead atoms. The minimum atomic E-state index is -3.73. The maximum Gasteiger partial charge on any atom is 0.270 e. The van der Waals surface area contributed by atoms with Crippen molar-refractivity contribution in [1.29, 1.82) is 0 Å². The van der Waals surface area contributed by atoms with Gasteiger partial charge in [-0.2, -0.15) is 5.21 Å². The van der Waals surface area contributed by atoms with Gasteiger partial charge in [-0.3, -0.25) is 14.4 Å². The number of halogens is 1. The molecule has 1 aliphatic rings. The van der Waals surface area contributed by atoms with Gasteiger partial charge in [-0.25, -0.2) is 13.4 Å². The molecule has 13 nitrogen and oxygen atoms in total. The van der Waals surface area contributed by atoms with Crippen molar-refractivity contribution in [2.75, 3.05) is 12.8 Å². The molecule has 0 unspecified atom stereocenters. The molecule has 0 radical (unpaired) electrons. The van der Waals surface area contributed by atoms with Gasteiger partial charge in [0.05, 0.1) is 11.6 Å². The van der Waals surface area contributed by atoms with Crippen LogP contribution in [0.2, 0.25) is 0 Å². The number of tetrazole rings is 1. The molecule has 224 valence electrons. The van der Waals surface area contributed by atoms with Gasteiger partial charge in [-0.1, -0.05) is 61.9 Å². The van der Waals surface area contributed by atoms with Crippen LogP contribution in [0.5, 0.6) is 0 Å². The summed E-state index contributed by atoms with van der Waals surface area (Å²) in [5.41, 5.74) is 0.130. The van der Waals surface area contributed by atoms with Crippen LogP contribution in [-0.4, -0.2) is 87.6 Å². The number of hydrogen-bond acceptors (Lipinski definition) is 9. The van der Waals surface area contributed by atoms with E-state index in [0.717, 1.165) is 11.6 Å². The molecule has 0 spiro atoms. The van der Waals surface area contributed by atoms with Crippen LogP contribution in [0.4, 0.5) is 0 Å². The number of fused-ring (bicyclic) bond motifs is 1. The van der Waals surface area contributed by atoms with Gasteiger partial charge < -0.3 is 15.5 Å². The van der Waals surface area contributed by atoms with E-state index in [1.54, 1.807) is 18.2 Å². The Bertz CT molecular complexity index is 1600. The van der Waals surface area contributed by atoms with E-state index in [9.17, 15) is 22.8 Å². The van der Waals surface area contributed by atoms with E-state index < -0.39 is 55.5 Å². The van der Waals surface area contributed by atoms with E-state index in [4.69, 9.17) is 11.6 Å². The van der Waals surface area contributed by atoms with Gasteiger partial charge >= 0.3 is 0 Å². The molecule has 1 aliphatic heterocycles. The van der Waals surface area contributed by atoms with Crippen LogP contribution in [0.3, 0.4) is 0 Å². The van der Waals surface area contributed by atoms with E-state index in [1.807, 2.05) is 39.0 Å². The Labute approximate surface area is 248 Å². The van der Waals surface area contributed by atoms with Crippen molar-refractivity contribution in [2.45, 2.75) is 58.2 Å². The molecule has 3 heterocycles. The van der Waals surface area contributed by atoms with Crippen molar-refractivity contribution in [2.24, 2.45) is 5.41 Å². The molecule has 15 heteroatoms.